The topological polar surface area (TPSA) is 30.2 Å². The summed E-state index contributed by atoms with van der Waals surface area (Å²) in [7, 11) is 0. The Hall–Kier alpha value is -2.37. The normalized spacial score (nSPS) is 11.9. The number of benzene rings is 1. The van der Waals surface area contributed by atoms with Gasteiger partial charge in [0.15, 0.2) is 0 Å². The lowest BCUT2D eigenvalue weighted by atomic mass is 10.1. The van der Waals surface area contributed by atoms with Crippen molar-refractivity contribution in [1.29, 1.82) is 0 Å². The van der Waals surface area contributed by atoms with Crippen molar-refractivity contribution >= 4 is 5.52 Å². The molecule has 3 rings (SSSR count). The summed E-state index contributed by atoms with van der Waals surface area (Å²) in [5, 5.41) is 7.90. The molecule has 6 heteroatoms. The minimum atomic E-state index is -4.33. The number of fused-ring (bicyclic) bond motifs is 1. The second kappa shape index (κ2) is 4.08. The summed E-state index contributed by atoms with van der Waals surface area (Å²) in [5.41, 5.74) is 1.25. The second-order valence-electron chi connectivity index (χ2n) is 4.04. The van der Waals surface area contributed by atoms with Gasteiger partial charge in [0.05, 0.1) is 11.1 Å². The molecule has 0 atom stereocenters. The summed E-state index contributed by atoms with van der Waals surface area (Å²) in [6.45, 7) is 0. The molecule has 0 aliphatic rings. The fourth-order valence-corrected chi connectivity index (χ4v) is 1.87. The SMILES string of the molecule is FC(F)(F)c1ccc(-c2nnn3ccccc23)cc1. The fourth-order valence-electron chi connectivity index (χ4n) is 1.87. The van der Waals surface area contributed by atoms with Gasteiger partial charge in [-0.3, -0.25) is 0 Å². The smallest absolute Gasteiger partial charge is 0.220 e. The van der Waals surface area contributed by atoms with Crippen LogP contribution in [0.3, 0.4) is 0 Å². The van der Waals surface area contributed by atoms with Crippen molar-refractivity contribution < 1.29 is 13.2 Å². The van der Waals surface area contributed by atoms with Gasteiger partial charge in [0.2, 0.25) is 0 Å². The zero-order valence-corrected chi connectivity index (χ0v) is 9.59. The van der Waals surface area contributed by atoms with E-state index in [-0.39, 0.29) is 0 Å². The zero-order valence-electron chi connectivity index (χ0n) is 9.59. The molecule has 0 N–H and O–H groups in total. The highest BCUT2D eigenvalue weighted by Crippen LogP contribution is 2.31. The van der Waals surface area contributed by atoms with E-state index in [0.29, 0.717) is 11.3 Å². The molecule has 96 valence electrons. The van der Waals surface area contributed by atoms with Crippen LogP contribution in [0.2, 0.25) is 0 Å². The molecule has 0 amide bonds. The van der Waals surface area contributed by atoms with Crippen LogP contribution in [-0.4, -0.2) is 14.8 Å². The maximum atomic E-state index is 12.5. The second-order valence-corrected chi connectivity index (χ2v) is 4.04. The van der Waals surface area contributed by atoms with Crippen molar-refractivity contribution in [3.63, 3.8) is 0 Å². The monoisotopic (exact) mass is 263 g/mol. The molecule has 19 heavy (non-hydrogen) atoms. The summed E-state index contributed by atoms with van der Waals surface area (Å²) in [6.07, 6.45) is -2.59. The molecular formula is C13H8F3N3. The molecule has 0 unspecified atom stereocenters. The predicted octanol–water partition coefficient (Wildman–Crippen LogP) is 3.42. The van der Waals surface area contributed by atoms with Crippen molar-refractivity contribution in [2.24, 2.45) is 0 Å². The lowest BCUT2D eigenvalue weighted by molar-refractivity contribution is -0.137. The third-order valence-corrected chi connectivity index (χ3v) is 2.81. The summed E-state index contributed by atoms with van der Waals surface area (Å²) in [5.74, 6) is 0. The van der Waals surface area contributed by atoms with Gasteiger partial charge in [-0.2, -0.15) is 13.2 Å². The number of pyridine rings is 1. The highest BCUT2D eigenvalue weighted by molar-refractivity contribution is 5.76. The number of alkyl halides is 3. The number of nitrogens with zero attached hydrogens (tertiary/aromatic N) is 3. The van der Waals surface area contributed by atoms with Crippen LogP contribution in [0.1, 0.15) is 5.56 Å². The molecule has 0 spiro atoms. The standard InChI is InChI=1S/C13H8F3N3/c14-13(15,16)10-6-4-9(5-7-10)12-11-3-1-2-8-19(11)18-17-12/h1-8H. The van der Waals surface area contributed by atoms with Crippen molar-refractivity contribution in [3.05, 3.63) is 54.2 Å². The van der Waals surface area contributed by atoms with Crippen molar-refractivity contribution in [2.45, 2.75) is 6.18 Å². The van der Waals surface area contributed by atoms with Crippen LogP contribution in [0.15, 0.2) is 48.7 Å². The molecule has 0 aliphatic carbocycles. The van der Waals surface area contributed by atoms with Crippen LogP contribution in [0.5, 0.6) is 0 Å². The van der Waals surface area contributed by atoms with Crippen LogP contribution >= 0.6 is 0 Å². The average Bonchev–Trinajstić information content (AvgIpc) is 2.82. The first kappa shape index (κ1) is 11.7. The number of halogens is 3. The Kier molecular flexibility index (Phi) is 2.51. The number of aromatic nitrogens is 3. The Bertz CT molecular complexity index is 714. The first-order valence-corrected chi connectivity index (χ1v) is 5.53. The van der Waals surface area contributed by atoms with E-state index in [1.807, 2.05) is 12.1 Å². The maximum Gasteiger partial charge on any atom is 0.416 e. The zero-order chi connectivity index (χ0) is 13.5. The Morgan fingerprint density at radius 1 is 0.947 bits per heavy atom. The molecule has 2 aromatic heterocycles. The highest BCUT2D eigenvalue weighted by Gasteiger charge is 2.30. The first-order valence-electron chi connectivity index (χ1n) is 5.53. The van der Waals surface area contributed by atoms with Crippen molar-refractivity contribution in [1.82, 2.24) is 14.8 Å². The minimum absolute atomic E-state index is 0.564. The first-order chi connectivity index (χ1) is 9.05. The molecular weight excluding hydrogens is 255 g/mol. The van der Waals surface area contributed by atoms with Gasteiger partial charge in [0.25, 0.3) is 0 Å². The third kappa shape index (κ3) is 2.05. The molecule has 2 heterocycles. The largest absolute Gasteiger partial charge is 0.416 e. The quantitative estimate of drug-likeness (QED) is 0.673. The molecule has 0 saturated heterocycles. The molecule has 0 radical (unpaired) electrons. The Labute approximate surface area is 106 Å². The molecule has 0 bridgehead atoms. The van der Waals surface area contributed by atoms with Gasteiger partial charge >= 0.3 is 6.18 Å². The molecule has 3 nitrogen and oxygen atoms in total. The van der Waals surface area contributed by atoms with E-state index >= 15 is 0 Å². The summed E-state index contributed by atoms with van der Waals surface area (Å²) >= 11 is 0. The molecule has 1 aromatic carbocycles. The van der Waals surface area contributed by atoms with E-state index in [0.717, 1.165) is 17.6 Å². The lowest BCUT2D eigenvalue weighted by Crippen LogP contribution is -2.04. The van der Waals surface area contributed by atoms with Crippen LogP contribution in [0, 0.1) is 0 Å². The van der Waals surface area contributed by atoms with Crippen LogP contribution in [-0.2, 0) is 6.18 Å². The van der Waals surface area contributed by atoms with E-state index < -0.39 is 11.7 Å². The number of rotatable bonds is 1. The van der Waals surface area contributed by atoms with E-state index in [1.54, 1.807) is 16.8 Å². The van der Waals surface area contributed by atoms with Gasteiger partial charge in [-0.05, 0) is 24.3 Å². The Morgan fingerprint density at radius 3 is 2.37 bits per heavy atom. The van der Waals surface area contributed by atoms with E-state index in [2.05, 4.69) is 10.3 Å². The summed E-state index contributed by atoms with van der Waals surface area (Å²) in [4.78, 5) is 0. The van der Waals surface area contributed by atoms with E-state index in [9.17, 15) is 13.2 Å². The van der Waals surface area contributed by atoms with E-state index in [1.165, 1.54) is 12.1 Å². The van der Waals surface area contributed by atoms with Gasteiger partial charge in [0.1, 0.15) is 5.69 Å². The van der Waals surface area contributed by atoms with Crippen LogP contribution < -0.4 is 0 Å². The molecule has 3 aromatic rings. The predicted molar refractivity (Wildman–Crippen MR) is 63.4 cm³/mol. The third-order valence-electron chi connectivity index (χ3n) is 2.81. The van der Waals surface area contributed by atoms with Crippen molar-refractivity contribution in [2.75, 3.05) is 0 Å². The van der Waals surface area contributed by atoms with Gasteiger partial charge in [-0.1, -0.05) is 23.4 Å². The molecule has 0 fully saturated rings. The molecule has 0 saturated carbocycles. The minimum Gasteiger partial charge on any atom is -0.220 e. The van der Waals surface area contributed by atoms with Gasteiger partial charge in [-0.25, -0.2) is 4.52 Å². The summed E-state index contributed by atoms with van der Waals surface area (Å²) in [6, 6.07) is 10.3. The van der Waals surface area contributed by atoms with Gasteiger partial charge in [-0.15, -0.1) is 5.10 Å². The van der Waals surface area contributed by atoms with Crippen LogP contribution in [0.25, 0.3) is 16.8 Å². The number of hydrogen-bond donors (Lipinski definition) is 0. The molecule has 0 aliphatic heterocycles. The Morgan fingerprint density at radius 2 is 1.68 bits per heavy atom. The summed E-state index contributed by atoms with van der Waals surface area (Å²) < 4.78 is 39.0. The average molecular weight is 263 g/mol. The van der Waals surface area contributed by atoms with E-state index in [4.69, 9.17) is 0 Å². The Balaban J connectivity index is 2.07. The number of hydrogen-bond acceptors (Lipinski definition) is 2. The lowest BCUT2D eigenvalue weighted by Gasteiger charge is -2.06. The van der Waals surface area contributed by atoms with Gasteiger partial charge < -0.3 is 0 Å². The fraction of sp³-hybridized carbons (Fsp3) is 0.0769. The van der Waals surface area contributed by atoms with Crippen LogP contribution in [0.4, 0.5) is 13.2 Å². The van der Waals surface area contributed by atoms with Gasteiger partial charge in [0, 0.05) is 11.8 Å². The van der Waals surface area contributed by atoms with Crippen molar-refractivity contribution in [3.8, 4) is 11.3 Å². The highest BCUT2D eigenvalue weighted by atomic mass is 19.4. The maximum absolute atomic E-state index is 12.5.